The smallest absolute Gasteiger partial charge is 0.326 e. The van der Waals surface area contributed by atoms with Crippen LogP contribution in [0.1, 0.15) is 36.7 Å². The van der Waals surface area contributed by atoms with Crippen LogP contribution in [0.25, 0.3) is 5.69 Å². The van der Waals surface area contributed by atoms with Crippen molar-refractivity contribution >= 4 is 23.5 Å². The van der Waals surface area contributed by atoms with Gasteiger partial charge in [0.2, 0.25) is 0 Å². The van der Waals surface area contributed by atoms with Gasteiger partial charge in [-0.1, -0.05) is 42.6 Å². The molecule has 0 saturated heterocycles. The van der Waals surface area contributed by atoms with Gasteiger partial charge >= 0.3 is 5.97 Å². The molecular weight excluding hydrogens is 320 g/mol. The Morgan fingerprint density at radius 1 is 1.43 bits per heavy atom. The summed E-state index contributed by atoms with van der Waals surface area (Å²) in [4.78, 5) is 23.3. The highest BCUT2D eigenvalue weighted by molar-refractivity contribution is 6.30. The third-order valence-corrected chi connectivity index (χ3v) is 3.48. The molecule has 122 valence electrons. The summed E-state index contributed by atoms with van der Waals surface area (Å²) >= 11 is 5.91. The first-order valence-corrected chi connectivity index (χ1v) is 7.61. The van der Waals surface area contributed by atoms with Gasteiger partial charge in [-0.05, 0) is 24.6 Å². The fraction of sp³-hybridized carbons (Fsp3) is 0.333. The minimum absolute atomic E-state index is 0.0488. The number of hydrogen-bond donors (Lipinski definition) is 2. The van der Waals surface area contributed by atoms with Gasteiger partial charge in [0.1, 0.15) is 6.04 Å². The summed E-state index contributed by atoms with van der Waals surface area (Å²) in [6.07, 6.45) is 3.37. The van der Waals surface area contributed by atoms with Gasteiger partial charge in [0.05, 0.1) is 11.9 Å². The number of carbonyl (C=O) groups is 2. The lowest BCUT2D eigenvalue weighted by Crippen LogP contribution is -2.40. The predicted octanol–water partition coefficient (Wildman–Crippen LogP) is 2.29. The highest BCUT2D eigenvalue weighted by Crippen LogP contribution is 2.14. The Labute approximate surface area is 138 Å². The maximum Gasteiger partial charge on any atom is 0.326 e. The third-order valence-electron chi connectivity index (χ3n) is 3.25. The van der Waals surface area contributed by atoms with Gasteiger partial charge in [0.25, 0.3) is 5.91 Å². The molecule has 1 aromatic carbocycles. The zero-order valence-electron chi connectivity index (χ0n) is 12.6. The molecule has 1 amide bonds. The molecule has 0 fully saturated rings. The lowest BCUT2D eigenvalue weighted by molar-refractivity contribution is -0.139. The number of carboxylic acid groups (broad SMARTS) is 1. The average molecular weight is 337 g/mol. The van der Waals surface area contributed by atoms with Crippen molar-refractivity contribution in [1.82, 2.24) is 20.3 Å². The summed E-state index contributed by atoms with van der Waals surface area (Å²) in [5, 5.41) is 19.8. The second-order valence-electron chi connectivity index (χ2n) is 5.03. The number of hydrogen-bond acceptors (Lipinski definition) is 4. The van der Waals surface area contributed by atoms with E-state index in [0.29, 0.717) is 23.6 Å². The molecule has 0 aliphatic carbocycles. The summed E-state index contributed by atoms with van der Waals surface area (Å²) < 4.78 is 1.41. The van der Waals surface area contributed by atoms with Crippen LogP contribution in [-0.2, 0) is 4.79 Å². The Kier molecular flexibility index (Phi) is 5.70. The molecule has 8 heteroatoms. The van der Waals surface area contributed by atoms with Crippen molar-refractivity contribution in [3.05, 3.63) is 41.2 Å². The number of rotatable bonds is 7. The van der Waals surface area contributed by atoms with Crippen molar-refractivity contribution < 1.29 is 14.7 Å². The number of carbonyl (C=O) groups excluding carboxylic acids is 1. The number of nitrogens with one attached hydrogen (secondary N) is 1. The Hall–Kier alpha value is -2.41. The monoisotopic (exact) mass is 336 g/mol. The number of nitrogens with zero attached hydrogens (tertiary/aromatic N) is 3. The first-order valence-electron chi connectivity index (χ1n) is 7.23. The molecule has 0 spiro atoms. The highest BCUT2D eigenvalue weighted by Gasteiger charge is 2.21. The first kappa shape index (κ1) is 17.0. The van der Waals surface area contributed by atoms with Crippen LogP contribution in [0.2, 0.25) is 5.02 Å². The summed E-state index contributed by atoms with van der Waals surface area (Å²) in [6, 6.07) is 5.99. The number of amides is 1. The van der Waals surface area contributed by atoms with Crippen LogP contribution in [0.5, 0.6) is 0 Å². The van der Waals surface area contributed by atoms with Crippen LogP contribution in [-0.4, -0.2) is 38.0 Å². The Morgan fingerprint density at radius 3 is 2.87 bits per heavy atom. The van der Waals surface area contributed by atoms with E-state index < -0.39 is 17.9 Å². The zero-order valence-corrected chi connectivity index (χ0v) is 13.3. The van der Waals surface area contributed by atoms with Gasteiger partial charge in [0.15, 0.2) is 5.69 Å². The molecule has 0 aliphatic rings. The van der Waals surface area contributed by atoms with Gasteiger partial charge < -0.3 is 10.4 Å². The lowest BCUT2D eigenvalue weighted by Gasteiger charge is -2.12. The summed E-state index contributed by atoms with van der Waals surface area (Å²) in [6.45, 7) is 1.96. The van der Waals surface area contributed by atoms with E-state index in [2.05, 4.69) is 15.6 Å². The number of carboxylic acids is 1. The molecule has 2 rings (SSSR count). The van der Waals surface area contributed by atoms with Crippen molar-refractivity contribution in [3.8, 4) is 5.69 Å². The first-order chi connectivity index (χ1) is 11.0. The predicted molar refractivity (Wildman–Crippen MR) is 84.8 cm³/mol. The van der Waals surface area contributed by atoms with Crippen LogP contribution in [0.3, 0.4) is 0 Å². The van der Waals surface area contributed by atoms with E-state index in [4.69, 9.17) is 16.7 Å². The molecule has 2 N–H and O–H groups in total. The Morgan fingerprint density at radius 2 is 2.22 bits per heavy atom. The minimum Gasteiger partial charge on any atom is -0.480 e. The van der Waals surface area contributed by atoms with E-state index in [1.165, 1.54) is 10.9 Å². The molecule has 7 nitrogen and oxygen atoms in total. The number of unbranched alkanes of at least 4 members (excludes halogenated alkanes) is 1. The highest BCUT2D eigenvalue weighted by atomic mass is 35.5. The molecule has 1 heterocycles. The van der Waals surface area contributed by atoms with Gasteiger partial charge in [0, 0.05) is 5.02 Å². The summed E-state index contributed by atoms with van der Waals surface area (Å²) in [5.74, 6) is -1.63. The van der Waals surface area contributed by atoms with Crippen molar-refractivity contribution in [2.24, 2.45) is 0 Å². The fourth-order valence-electron chi connectivity index (χ4n) is 2.01. The second kappa shape index (κ2) is 7.73. The third kappa shape index (κ3) is 4.53. The van der Waals surface area contributed by atoms with Crippen LogP contribution in [0.4, 0.5) is 0 Å². The lowest BCUT2D eigenvalue weighted by atomic mass is 10.1. The molecule has 1 atom stereocenters. The van der Waals surface area contributed by atoms with Crippen molar-refractivity contribution in [1.29, 1.82) is 0 Å². The fourth-order valence-corrected chi connectivity index (χ4v) is 2.20. The van der Waals surface area contributed by atoms with E-state index in [9.17, 15) is 9.59 Å². The van der Waals surface area contributed by atoms with E-state index in [-0.39, 0.29) is 5.69 Å². The van der Waals surface area contributed by atoms with Crippen molar-refractivity contribution in [2.75, 3.05) is 0 Å². The second-order valence-corrected chi connectivity index (χ2v) is 5.47. The molecule has 2 aromatic rings. The van der Waals surface area contributed by atoms with Gasteiger partial charge in [-0.2, -0.15) is 0 Å². The molecule has 0 radical (unpaired) electrons. The largest absolute Gasteiger partial charge is 0.480 e. The van der Waals surface area contributed by atoms with Crippen LogP contribution >= 0.6 is 11.6 Å². The topological polar surface area (TPSA) is 97.1 Å². The SMILES string of the molecule is CCCCC(NC(=O)c1cn(-c2cccc(Cl)c2)nn1)C(=O)O. The Bertz CT molecular complexity index is 702. The summed E-state index contributed by atoms with van der Waals surface area (Å²) in [5.41, 5.74) is 0.706. The van der Waals surface area contributed by atoms with E-state index in [0.717, 1.165) is 6.42 Å². The van der Waals surface area contributed by atoms with Crippen LogP contribution < -0.4 is 5.32 Å². The minimum atomic E-state index is -1.06. The zero-order chi connectivity index (χ0) is 16.8. The molecule has 0 aliphatic heterocycles. The normalized spacial score (nSPS) is 11.9. The average Bonchev–Trinajstić information content (AvgIpc) is 3.01. The van der Waals surface area contributed by atoms with Crippen molar-refractivity contribution in [2.45, 2.75) is 32.2 Å². The molecule has 1 aromatic heterocycles. The maximum absolute atomic E-state index is 12.1. The van der Waals surface area contributed by atoms with E-state index in [1.807, 2.05) is 6.92 Å². The van der Waals surface area contributed by atoms with Crippen LogP contribution in [0, 0.1) is 0 Å². The Balaban J connectivity index is 2.10. The van der Waals surface area contributed by atoms with Crippen LogP contribution in [0.15, 0.2) is 30.5 Å². The number of benzene rings is 1. The number of halogens is 1. The molecule has 23 heavy (non-hydrogen) atoms. The van der Waals surface area contributed by atoms with E-state index in [1.54, 1.807) is 24.3 Å². The molecule has 0 bridgehead atoms. The quantitative estimate of drug-likeness (QED) is 0.808. The van der Waals surface area contributed by atoms with Gasteiger partial charge in [-0.25, -0.2) is 9.48 Å². The van der Waals surface area contributed by atoms with Crippen molar-refractivity contribution in [3.63, 3.8) is 0 Å². The summed E-state index contributed by atoms with van der Waals surface area (Å²) in [7, 11) is 0. The number of aromatic nitrogens is 3. The number of aliphatic carboxylic acids is 1. The molecular formula is C15H17ClN4O3. The molecule has 1 unspecified atom stereocenters. The molecule has 0 saturated carbocycles. The van der Waals surface area contributed by atoms with E-state index >= 15 is 0 Å². The van der Waals surface area contributed by atoms with Gasteiger partial charge in [-0.3, -0.25) is 4.79 Å². The standard InChI is InChI=1S/C15H17ClN4O3/c1-2-3-7-12(15(22)23)17-14(21)13-9-20(19-18-13)11-6-4-5-10(16)8-11/h4-6,8-9,12H,2-3,7H2,1H3,(H,17,21)(H,22,23). The maximum atomic E-state index is 12.1. The van der Waals surface area contributed by atoms with Gasteiger partial charge in [-0.15, -0.1) is 5.10 Å².